The summed E-state index contributed by atoms with van der Waals surface area (Å²) < 4.78 is 10.3. The third-order valence-corrected chi connectivity index (χ3v) is 6.30. The second kappa shape index (κ2) is 12.7. The van der Waals surface area contributed by atoms with Crippen LogP contribution in [-0.2, 0) is 14.3 Å². The minimum Gasteiger partial charge on any atom is -0.465 e. The van der Waals surface area contributed by atoms with Crippen LogP contribution in [0.3, 0.4) is 0 Å². The number of pyridine rings is 1. The van der Waals surface area contributed by atoms with Gasteiger partial charge < -0.3 is 19.3 Å². The Bertz CT molecular complexity index is 719. The number of esters is 2. The summed E-state index contributed by atoms with van der Waals surface area (Å²) in [5.41, 5.74) is 0.516. The Morgan fingerprint density at radius 1 is 1.06 bits per heavy atom. The molecular weight excluding hydrogens is 408 g/mol. The minimum absolute atomic E-state index is 0.123. The van der Waals surface area contributed by atoms with Crippen LogP contribution in [-0.4, -0.2) is 92.3 Å². The number of anilines is 1. The Kier molecular flexibility index (Phi) is 9.74. The number of unbranched alkanes of at least 4 members (excludes halogenated alkanes) is 1. The van der Waals surface area contributed by atoms with Gasteiger partial charge in [0, 0.05) is 45.5 Å². The predicted octanol–water partition coefficient (Wildman–Crippen LogP) is 2.44. The van der Waals surface area contributed by atoms with Crippen molar-refractivity contribution in [2.45, 2.75) is 39.5 Å². The van der Waals surface area contributed by atoms with Gasteiger partial charge in [-0.2, -0.15) is 0 Å². The van der Waals surface area contributed by atoms with Crippen LogP contribution in [0.1, 0.15) is 49.9 Å². The van der Waals surface area contributed by atoms with E-state index in [0.29, 0.717) is 31.2 Å². The van der Waals surface area contributed by atoms with Crippen LogP contribution in [0.2, 0.25) is 0 Å². The zero-order valence-corrected chi connectivity index (χ0v) is 19.6. The Morgan fingerprint density at radius 2 is 1.84 bits per heavy atom. The van der Waals surface area contributed by atoms with Crippen molar-refractivity contribution in [1.29, 1.82) is 0 Å². The Morgan fingerprint density at radius 3 is 2.53 bits per heavy atom. The number of hydrogen-bond donors (Lipinski definition) is 0. The molecule has 32 heavy (non-hydrogen) atoms. The number of ether oxygens (including phenoxy) is 2. The highest BCUT2D eigenvalue weighted by Crippen LogP contribution is 2.25. The zero-order valence-electron chi connectivity index (χ0n) is 19.6. The number of aromatic nitrogens is 1. The van der Waals surface area contributed by atoms with Gasteiger partial charge in [0.05, 0.1) is 25.3 Å². The molecule has 3 rings (SSSR count). The molecule has 0 N–H and O–H groups in total. The Labute approximate surface area is 191 Å². The smallest absolute Gasteiger partial charge is 0.339 e. The Hall–Kier alpha value is -2.19. The van der Waals surface area contributed by atoms with E-state index >= 15 is 0 Å². The minimum atomic E-state index is -0.292. The fraction of sp³-hybridized carbons (Fsp3) is 0.708. The number of piperazine rings is 1. The fourth-order valence-electron chi connectivity index (χ4n) is 4.29. The molecule has 1 atom stereocenters. The van der Waals surface area contributed by atoms with E-state index in [1.165, 1.54) is 12.8 Å². The summed E-state index contributed by atoms with van der Waals surface area (Å²) in [4.78, 5) is 35.2. The first-order chi connectivity index (χ1) is 15.6. The lowest BCUT2D eigenvalue weighted by atomic mass is 10.0. The van der Waals surface area contributed by atoms with Gasteiger partial charge in [0.15, 0.2) is 0 Å². The zero-order chi connectivity index (χ0) is 22.8. The largest absolute Gasteiger partial charge is 0.465 e. The lowest BCUT2D eigenvalue weighted by Crippen LogP contribution is -2.48. The molecule has 8 heteroatoms. The molecule has 1 aromatic rings. The van der Waals surface area contributed by atoms with Gasteiger partial charge in [-0.3, -0.25) is 9.69 Å². The predicted molar refractivity (Wildman–Crippen MR) is 124 cm³/mol. The van der Waals surface area contributed by atoms with Gasteiger partial charge in [-0.15, -0.1) is 0 Å². The molecule has 3 heterocycles. The van der Waals surface area contributed by atoms with E-state index in [-0.39, 0.29) is 11.9 Å². The maximum atomic E-state index is 12.0. The summed E-state index contributed by atoms with van der Waals surface area (Å²) in [6, 6.07) is 3.75. The van der Waals surface area contributed by atoms with Crippen LogP contribution >= 0.6 is 0 Å². The van der Waals surface area contributed by atoms with Gasteiger partial charge in [-0.25, -0.2) is 9.78 Å². The molecule has 2 aliphatic heterocycles. The van der Waals surface area contributed by atoms with Crippen molar-refractivity contribution in [3.63, 3.8) is 0 Å². The molecule has 1 aromatic heterocycles. The van der Waals surface area contributed by atoms with Crippen molar-refractivity contribution in [1.82, 2.24) is 14.8 Å². The van der Waals surface area contributed by atoms with Gasteiger partial charge in [0.25, 0.3) is 0 Å². The monoisotopic (exact) mass is 446 g/mol. The number of nitrogens with zero attached hydrogens (tertiary/aromatic N) is 4. The fourth-order valence-corrected chi connectivity index (χ4v) is 4.29. The molecule has 0 aliphatic carbocycles. The topological polar surface area (TPSA) is 75.2 Å². The van der Waals surface area contributed by atoms with Gasteiger partial charge >= 0.3 is 11.9 Å². The molecule has 8 nitrogen and oxygen atoms in total. The van der Waals surface area contributed by atoms with Crippen LogP contribution in [0.15, 0.2) is 18.3 Å². The highest BCUT2D eigenvalue weighted by atomic mass is 16.5. The van der Waals surface area contributed by atoms with Crippen molar-refractivity contribution in [2.24, 2.45) is 5.92 Å². The third kappa shape index (κ3) is 7.45. The van der Waals surface area contributed by atoms with Crippen LogP contribution < -0.4 is 4.90 Å². The average Bonchev–Trinajstić information content (AvgIpc) is 3.28. The van der Waals surface area contributed by atoms with Gasteiger partial charge in [0.2, 0.25) is 0 Å². The highest BCUT2D eigenvalue weighted by Gasteiger charge is 2.25. The molecular formula is C24H38N4O4. The Balaban J connectivity index is 1.35. The summed E-state index contributed by atoms with van der Waals surface area (Å²) in [7, 11) is 0. The van der Waals surface area contributed by atoms with Gasteiger partial charge in [-0.1, -0.05) is 13.3 Å². The molecule has 2 saturated heterocycles. The van der Waals surface area contributed by atoms with E-state index in [1.54, 1.807) is 6.20 Å². The second-order valence-corrected chi connectivity index (χ2v) is 8.71. The van der Waals surface area contributed by atoms with Crippen LogP contribution in [0.4, 0.5) is 5.82 Å². The summed E-state index contributed by atoms with van der Waals surface area (Å²) in [5.74, 6) is 1.18. The van der Waals surface area contributed by atoms with E-state index in [4.69, 9.17) is 9.47 Å². The molecule has 0 saturated carbocycles. The normalized spacial score (nSPS) is 19.8. The van der Waals surface area contributed by atoms with E-state index in [9.17, 15) is 9.59 Å². The van der Waals surface area contributed by atoms with Crippen LogP contribution in [0.25, 0.3) is 0 Å². The summed E-state index contributed by atoms with van der Waals surface area (Å²) in [5, 5.41) is 0. The maximum absolute atomic E-state index is 12.0. The molecule has 2 aliphatic rings. The first kappa shape index (κ1) is 24.5. The number of hydrogen-bond acceptors (Lipinski definition) is 8. The highest BCUT2D eigenvalue weighted by molar-refractivity contribution is 5.89. The van der Waals surface area contributed by atoms with Gasteiger partial charge in [-0.05, 0) is 50.8 Å². The van der Waals surface area contributed by atoms with Crippen molar-refractivity contribution >= 4 is 17.8 Å². The summed E-state index contributed by atoms with van der Waals surface area (Å²) >= 11 is 0. The lowest BCUT2D eigenvalue weighted by molar-refractivity contribution is -0.144. The first-order valence-electron chi connectivity index (χ1n) is 12.1. The van der Waals surface area contributed by atoms with Crippen LogP contribution in [0.5, 0.6) is 0 Å². The lowest BCUT2D eigenvalue weighted by Gasteiger charge is -2.34. The quantitative estimate of drug-likeness (QED) is 0.379. The average molecular weight is 447 g/mol. The molecule has 0 spiro atoms. The van der Waals surface area contributed by atoms with Crippen molar-refractivity contribution < 1.29 is 19.1 Å². The molecule has 2 fully saturated rings. The molecule has 0 aromatic carbocycles. The first-order valence-corrected chi connectivity index (χ1v) is 12.1. The summed E-state index contributed by atoms with van der Waals surface area (Å²) in [6.07, 6.45) is 5.87. The van der Waals surface area contributed by atoms with Crippen molar-refractivity contribution in [3.05, 3.63) is 23.9 Å². The van der Waals surface area contributed by atoms with Gasteiger partial charge in [0.1, 0.15) is 5.82 Å². The van der Waals surface area contributed by atoms with Crippen molar-refractivity contribution in [3.8, 4) is 0 Å². The number of rotatable bonds is 11. The van der Waals surface area contributed by atoms with E-state index in [0.717, 1.165) is 64.5 Å². The van der Waals surface area contributed by atoms with Crippen molar-refractivity contribution in [2.75, 3.05) is 70.5 Å². The summed E-state index contributed by atoms with van der Waals surface area (Å²) in [6.45, 7) is 12.2. The number of carbonyl (C=O) groups excluding carboxylic acids is 2. The molecule has 1 unspecified atom stereocenters. The van der Waals surface area contributed by atoms with E-state index in [2.05, 4.69) is 26.6 Å². The van der Waals surface area contributed by atoms with E-state index < -0.39 is 0 Å². The number of carbonyl (C=O) groups is 2. The molecule has 178 valence electrons. The molecule has 0 bridgehead atoms. The second-order valence-electron chi connectivity index (χ2n) is 8.71. The van der Waals surface area contributed by atoms with E-state index in [1.807, 2.05) is 19.1 Å². The molecule has 0 radical (unpaired) electrons. The molecule has 0 amide bonds. The maximum Gasteiger partial charge on any atom is 0.339 e. The standard InChI is InChI=1S/C24H38N4O4/c1-3-5-16-32-24(30)21-6-7-22(25-17-21)28-11-9-20(18-28)8-10-26-12-14-27(15-13-26)19-23(29)31-4-2/h6-7,17,20H,3-5,8-16,18-19H2,1-2H3. The van der Waals surface area contributed by atoms with Crippen LogP contribution in [0, 0.1) is 5.92 Å². The SMILES string of the molecule is CCCCOC(=O)c1ccc(N2CCC(CCN3CCN(CC(=O)OCC)CC3)C2)nc1. The third-order valence-electron chi connectivity index (χ3n) is 6.30.